The third-order valence-electron chi connectivity index (χ3n) is 5.55. The molecule has 1 aliphatic rings. The Kier molecular flexibility index (Phi) is 4.42. The average molecular weight is 327 g/mol. The van der Waals surface area contributed by atoms with Crippen LogP contribution < -0.4 is 0 Å². The van der Waals surface area contributed by atoms with Crippen LogP contribution in [0.5, 0.6) is 0 Å². The van der Waals surface area contributed by atoms with Gasteiger partial charge in [-0.15, -0.1) is 0 Å². The molecule has 3 aromatic carbocycles. The van der Waals surface area contributed by atoms with Gasteiger partial charge in [0.1, 0.15) is 0 Å². The molecule has 126 valence electrons. The van der Waals surface area contributed by atoms with Crippen LogP contribution in [-0.2, 0) is 24.9 Å². The third-order valence-corrected chi connectivity index (χ3v) is 5.55. The minimum Gasteiger partial charge on any atom is -0.289 e. The molecule has 1 atom stereocenters. The summed E-state index contributed by atoms with van der Waals surface area (Å²) in [7, 11) is 0. The van der Waals surface area contributed by atoms with Crippen LogP contribution in [0.1, 0.15) is 29.2 Å². The van der Waals surface area contributed by atoms with Crippen LogP contribution >= 0.6 is 0 Å². The molecular weight excluding hydrogens is 302 g/mol. The summed E-state index contributed by atoms with van der Waals surface area (Å²) in [6.45, 7) is 4.52. The standard InChI is InChI=1S/C24H25N/c1-24(18-20-10-4-2-5-11-20)23-15-9-8-14-22(23)16-17-25(24)19-21-12-6-3-7-13-21/h2-15H,16-19H2,1H3. The molecule has 1 unspecified atom stereocenters. The highest BCUT2D eigenvalue weighted by Gasteiger charge is 2.38. The second-order valence-electron chi connectivity index (χ2n) is 7.25. The first-order chi connectivity index (χ1) is 12.3. The molecule has 0 aliphatic carbocycles. The molecule has 3 aromatic rings. The Balaban J connectivity index is 1.72. The van der Waals surface area contributed by atoms with Gasteiger partial charge in [-0.05, 0) is 42.0 Å². The second kappa shape index (κ2) is 6.85. The average Bonchev–Trinajstić information content (AvgIpc) is 2.66. The number of hydrogen-bond donors (Lipinski definition) is 0. The Morgan fingerprint density at radius 1 is 0.760 bits per heavy atom. The van der Waals surface area contributed by atoms with E-state index in [9.17, 15) is 0 Å². The van der Waals surface area contributed by atoms with Gasteiger partial charge in [-0.25, -0.2) is 0 Å². The van der Waals surface area contributed by atoms with Crippen molar-refractivity contribution < 1.29 is 0 Å². The van der Waals surface area contributed by atoms with E-state index in [1.165, 1.54) is 22.3 Å². The van der Waals surface area contributed by atoms with Crippen molar-refractivity contribution in [3.05, 3.63) is 107 Å². The summed E-state index contributed by atoms with van der Waals surface area (Å²) in [6.07, 6.45) is 2.17. The van der Waals surface area contributed by atoms with Gasteiger partial charge >= 0.3 is 0 Å². The second-order valence-corrected chi connectivity index (χ2v) is 7.25. The fourth-order valence-electron chi connectivity index (χ4n) is 4.19. The maximum atomic E-state index is 2.66. The van der Waals surface area contributed by atoms with Crippen molar-refractivity contribution in [2.24, 2.45) is 0 Å². The van der Waals surface area contributed by atoms with Crippen LogP contribution in [0.25, 0.3) is 0 Å². The first-order valence-corrected chi connectivity index (χ1v) is 9.17. The van der Waals surface area contributed by atoms with E-state index in [0.717, 1.165) is 25.9 Å². The van der Waals surface area contributed by atoms with Gasteiger partial charge in [0.05, 0.1) is 0 Å². The largest absolute Gasteiger partial charge is 0.289 e. The molecule has 0 bridgehead atoms. The molecule has 4 rings (SSSR count). The molecule has 1 nitrogen and oxygen atoms in total. The van der Waals surface area contributed by atoms with Gasteiger partial charge in [0, 0.05) is 18.6 Å². The lowest BCUT2D eigenvalue weighted by Crippen LogP contribution is -2.49. The monoisotopic (exact) mass is 327 g/mol. The number of rotatable bonds is 4. The predicted octanol–water partition coefficient (Wildman–Crippen LogP) is 5.20. The van der Waals surface area contributed by atoms with E-state index < -0.39 is 0 Å². The van der Waals surface area contributed by atoms with E-state index >= 15 is 0 Å². The number of nitrogens with zero attached hydrogens (tertiary/aromatic N) is 1. The molecule has 1 heterocycles. The maximum absolute atomic E-state index is 2.66. The molecule has 1 aliphatic heterocycles. The van der Waals surface area contributed by atoms with E-state index in [2.05, 4.69) is 96.8 Å². The zero-order valence-corrected chi connectivity index (χ0v) is 14.9. The van der Waals surface area contributed by atoms with E-state index in [1.54, 1.807) is 0 Å². The first-order valence-electron chi connectivity index (χ1n) is 9.17. The summed E-state index contributed by atoms with van der Waals surface area (Å²) in [4.78, 5) is 2.66. The van der Waals surface area contributed by atoms with E-state index in [-0.39, 0.29) is 5.54 Å². The first kappa shape index (κ1) is 16.1. The van der Waals surface area contributed by atoms with E-state index in [0.29, 0.717) is 0 Å². The Hall–Kier alpha value is -2.38. The summed E-state index contributed by atoms with van der Waals surface area (Å²) in [5.74, 6) is 0. The maximum Gasteiger partial charge on any atom is 0.0479 e. The molecule has 0 radical (unpaired) electrons. The minimum atomic E-state index is 0.0199. The Bertz CT molecular complexity index is 825. The Labute approximate surface area is 150 Å². The molecule has 0 N–H and O–H groups in total. The lowest BCUT2D eigenvalue weighted by atomic mass is 9.77. The third kappa shape index (κ3) is 3.25. The van der Waals surface area contributed by atoms with E-state index in [1.807, 2.05) is 0 Å². The van der Waals surface area contributed by atoms with Gasteiger partial charge < -0.3 is 0 Å². The lowest BCUT2D eigenvalue weighted by Gasteiger charge is -2.46. The van der Waals surface area contributed by atoms with Crippen molar-refractivity contribution in [2.75, 3.05) is 6.54 Å². The van der Waals surface area contributed by atoms with Crippen LogP contribution in [0.4, 0.5) is 0 Å². The highest BCUT2D eigenvalue weighted by Crippen LogP contribution is 2.39. The van der Waals surface area contributed by atoms with Gasteiger partial charge in [0.15, 0.2) is 0 Å². The van der Waals surface area contributed by atoms with Gasteiger partial charge in [0.2, 0.25) is 0 Å². The quantitative estimate of drug-likeness (QED) is 0.636. The van der Waals surface area contributed by atoms with Crippen molar-refractivity contribution in [3.8, 4) is 0 Å². The van der Waals surface area contributed by atoms with Crippen LogP contribution in [0.3, 0.4) is 0 Å². The predicted molar refractivity (Wildman–Crippen MR) is 104 cm³/mol. The fourth-order valence-corrected chi connectivity index (χ4v) is 4.19. The van der Waals surface area contributed by atoms with Crippen molar-refractivity contribution >= 4 is 0 Å². The molecule has 25 heavy (non-hydrogen) atoms. The van der Waals surface area contributed by atoms with Gasteiger partial charge in [-0.2, -0.15) is 0 Å². The fraction of sp³-hybridized carbons (Fsp3) is 0.250. The molecule has 1 heteroatoms. The minimum absolute atomic E-state index is 0.0199. The molecule has 0 fully saturated rings. The summed E-state index contributed by atoms with van der Waals surface area (Å²) in [5, 5.41) is 0. The summed E-state index contributed by atoms with van der Waals surface area (Å²) >= 11 is 0. The van der Waals surface area contributed by atoms with Gasteiger partial charge in [-0.3, -0.25) is 4.90 Å². The van der Waals surface area contributed by atoms with Crippen molar-refractivity contribution in [3.63, 3.8) is 0 Å². The highest BCUT2D eigenvalue weighted by molar-refractivity contribution is 5.38. The number of hydrogen-bond acceptors (Lipinski definition) is 1. The molecule has 0 saturated carbocycles. The van der Waals surface area contributed by atoms with Crippen LogP contribution in [-0.4, -0.2) is 11.4 Å². The molecular formula is C24H25N. The Morgan fingerprint density at radius 2 is 1.36 bits per heavy atom. The van der Waals surface area contributed by atoms with Crippen LogP contribution in [0.2, 0.25) is 0 Å². The van der Waals surface area contributed by atoms with Crippen molar-refractivity contribution in [1.29, 1.82) is 0 Å². The molecule has 0 aromatic heterocycles. The SMILES string of the molecule is CC1(Cc2ccccc2)c2ccccc2CCN1Cc1ccccc1. The zero-order chi connectivity index (χ0) is 17.1. The zero-order valence-electron chi connectivity index (χ0n) is 14.9. The smallest absolute Gasteiger partial charge is 0.0479 e. The van der Waals surface area contributed by atoms with Gasteiger partial charge in [0.25, 0.3) is 0 Å². The summed E-state index contributed by atoms with van der Waals surface area (Å²) in [5.41, 5.74) is 5.80. The lowest BCUT2D eigenvalue weighted by molar-refractivity contribution is 0.0809. The van der Waals surface area contributed by atoms with E-state index in [4.69, 9.17) is 0 Å². The molecule has 0 amide bonds. The topological polar surface area (TPSA) is 3.24 Å². The summed E-state index contributed by atoms with van der Waals surface area (Å²) < 4.78 is 0. The molecule has 0 spiro atoms. The number of fused-ring (bicyclic) bond motifs is 1. The highest BCUT2D eigenvalue weighted by atomic mass is 15.2. The van der Waals surface area contributed by atoms with Crippen LogP contribution in [0, 0.1) is 0 Å². The van der Waals surface area contributed by atoms with Crippen molar-refractivity contribution in [1.82, 2.24) is 4.90 Å². The molecule has 0 saturated heterocycles. The normalized spacial score (nSPS) is 20.2. The number of benzene rings is 3. The summed E-state index contributed by atoms with van der Waals surface area (Å²) in [6, 6.07) is 30.8. The van der Waals surface area contributed by atoms with Crippen molar-refractivity contribution in [2.45, 2.75) is 31.8 Å². The van der Waals surface area contributed by atoms with Crippen LogP contribution in [0.15, 0.2) is 84.9 Å². The Morgan fingerprint density at radius 3 is 2.08 bits per heavy atom. The van der Waals surface area contributed by atoms with Gasteiger partial charge in [-0.1, -0.05) is 84.9 Å².